The van der Waals surface area contributed by atoms with Crippen molar-refractivity contribution >= 4 is 5.57 Å². The molecule has 1 fully saturated rings. The molecule has 0 aromatic heterocycles. The number of hydrogen-bond donors (Lipinski definition) is 0. The van der Waals surface area contributed by atoms with E-state index in [1.165, 1.54) is 0 Å². The monoisotopic (exact) mass is 514 g/mol. The molecule has 2 aliphatic carbocycles. The average molecular weight is 515 g/mol. The first-order chi connectivity index (χ1) is 18.0. The molecule has 2 aromatic carbocycles. The number of rotatable bonds is 11. The van der Waals surface area contributed by atoms with Crippen molar-refractivity contribution in [2.24, 2.45) is 5.92 Å². The first kappa shape index (κ1) is 27.8. The number of hydrogen-bond acceptors (Lipinski definition) is 2. The zero-order chi connectivity index (χ0) is 26.2. The molecule has 2 aromatic rings. The zero-order valence-corrected chi connectivity index (χ0v) is 22.3. The Hall–Kier alpha value is -2.27. The Morgan fingerprint density at radius 3 is 2.41 bits per heavy atom. The maximum absolute atomic E-state index is 15.0. The minimum atomic E-state index is -0.713. The summed E-state index contributed by atoms with van der Waals surface area (Å²) >= 11 is 0. The Bertz CT molecular complexity index is 1060. The SMILES string of the molecule is CCCCOC1CC=C(c2ccc(CCC3CCC(c4ccc(OCC)c(F)c4)CC3)c(F)c2F)CC1. The van der Waals surface area contributed by atoms with Gasteiger partial charge < -0.3 is 9.47 Å². The first-order valence-corrected chi connectivity index (χ1v) is 14.2. The molecule has 202 valence electrons. The number of allylic oxidation sites excluding steroid dienone is 1. The van der Waals surface area contributed by atoms with Crippen LogP contribution in [0, 0.1) is 23.4 Å². The molecule has 0 N–H and O–H groups in total. The molecular formula is C32H41F3O2. The fourth-order valence-electron chi connectivity index (χ4n) is 5.82. The van der Waals surface area contributed by atoms with Crippen LogP contribution >= 0.6 is 0 Å². The Morgan fingerprint density at radius 1 is 0.919 bits per heavy atom. The van der Waals surface area contributed by atoms with Gasteiger partial charge >= 0.3 is 0 Å². The van der Waals surface area contributed by atoms with E-state index < -0.39 is 11.6 Å². The Balaban J connectivity index is 1.28. The lowest BCUT2D eigenvalue weighted by atomic mass is 9.77. The molecule has 1 saturated carbocycles. The van der Waals surface area contributed by atoms with Crippen LogP contribution in [0.15, 0.2) is 36.4 Å². The van der Waals surface area contributed by atoms with Gasteiger partial charge in [-0.05, 0) is 112 Å². The molecule has 0 spiro atoms. The van der Waals surface area contributed by atoms with Gasteiger partial charge in [-0.1, -0.05) is 37.6 Å². The van der Waals surface area contributed by atoms with E-state index in [1.807, 2.05) is 19.1 Å². The van der Waals surface area contributed by atoms with Gasteiger partial charge in [0.05, 0.1) is 12.7 Å². The number of aryl methyl sites for hydroxylation is 1. The normalized spacial score (nSPS) is 22.1. The lowest BCUT2D eigenvalue weighted by molar-refractivity contribution is 0.0466. The van der Waals surface area contributed by atoms with Crippen molar-refractivity contribution in [1.29, 1.82) is 0 Å². The summed E-state index contributed by atoms with van der Waals surface area (Å²) in [4.78, 5) is 0. The van der Waals surface area contributed by atoms with Crippen molar-refractivity contribution in [3.8, 4) is 5.75 Å². The third-order valence-corrected chi connectivity index (χ3v) is 8.12. The van der Waals surface area contributed by atoms with Gasteiger partial charge in [-0.3, -0.25) is 0 Å². The van der Waals surface area contributed by atoms with E-state index in [2.05, 4.69) is 6.92 Å². The second-order valence-electron chi connectivity index (χ2n) is 10.6. The van der Waals surface area contributed by atoms with Crippen LogP contribution in [0.2, 0.25) is 0 Å². The van der Waals surface area contributed by atoms with Crippen LogP contribution < -0.4 is 4.74 Å². The molecule has 1 unspecified atom stereocenters. The Kier molecular flexibility index (Phi) is 10.1. The van der Waals surface area contributed by atoms with E-state index >= 15 is 4.39 Å². The molecular weight excluding hydrogens is 473 g/mol. The summed E-state index contributed by atoms with van der Waals surface area (Å²) in [5.74, 6) is -0.576. The molecule has 37 heavy (non-hydrogen) atoms. The molecule has 0 amide bonds. The average Bonchev–Trinajstić information content (AvgIpc) is 2.92. The van der Waals surface area contributed by atoms with Crippen LogP contribution in [0.1, 0.15) is 101 Å². The number of halogens is 3. The number of benzene rings is 2. The molecule has 0 bridgehead atoms. The summed E-state index contributed by atoms with van der Waals surface area (Å²) in [5, 5.41) is 0. The van der Waals surface area contributed by atoms with Gasteiger partial charge in [0.1, 0.15) is 0 Å². The molecule has 1 atom stereocenters. The highest BCUT2D eigenvalue weighted by molar-refractivity contribution is 5.67. The van der Waals surface area contributed by atoms with Crippen LogP contribution in [0.3, 0.4) is 0 Å². The minimum absolute atomic E-state index is 0.186. The third-order valence-electron chi connectivity index (χ3n) is 8.12. The predicted octanol–water partition coefficient (Wildman–Crippen LogP) is 9.16. The predicted molar refractivity (Wildman–Crippen MR) is 143 cm³/mol. The molecule has 5 heteroatoms. The Morgan fingerprint density at radius 2 is 1.73 bits per heavy atom. The summed E-state index contributed by atoms with van der Waals surface area (Å²) in [6, 6.07) is 8.84. The smallest absolute Gasteiger partial charge is 0.166 e. The van der Waals surface area contributed by atoms with Crippen LogP contribution in [-0.2, 0) is 11.2 Å². The lowest BCUT2D eigenvalue weighted by Gasteiger charge is -2.29. The lowest BCUT2D eigenvalue weighted by Crippen LogP contribution is -2.17. The van der Waals surface area contributed by atoms with E-state index in [0.29, 0.717) is 48.2 Å². The zero-order valence-electron chi connectivity index (χ0n) is 22.3. The van der Waals surface area contributed by atoms with Crippen molar-refractivity contribution in [3.05, 3.63) is 70.5 Å². The largest absolute Gasteiger partial charge is 0.491 e. The molecule has 0 saturated heterocycles. The van der Waals surface area contributed by atoms with Gasteiger partial charge in [0.15, 0.2) is 23.2 Å². The van der Waals surface area contributed by atoms with Crippen LogP contribution in [0.4, 0.5) is 13.2 Å². The molecule has 0 aliphatic heterocycles. The maximum Gasteiger partial charge on any atom is 0.166 e. The van der Waals surface area contributed by atoms with E-state index in [4.69, 9.17) is 9.47 Å². The number of ether oxygens (including phenoxy) is 2. The fourth-order valence-corrected chi connectivity index (χ4v) is 5.82. The van der Waals surface area contributed by atoms with Gasteiger partial charge in [-0.2, -0.15) is 0 Å². The van der Waals surface area contributed by atoms with E-state index in [0.717, 1.165) is 75.5 Å². The number of unbranched alkanes of at least 4 members (excludes halogenated alkanes) is 1. The van der Waals surface area contributed by atoms with Gasteiger partial charge in [0, 0.05) is 12.2 Å². The minimum Gasteiger partial charge on any atom is -0.491 e. The molecule has 0 heterocycles. The molecule has 4 rings (SSSR count). The highest BCUT2D eigenvalue weighted by Crippen LogP contribution is 2.39. The quantitative estimate of drug-likeness (QED) is 0.278. The van der Waals surface area contributed by atoms with Gasteiger partial charge in [0.25, 0.3) is 0 Å². The van der Waals surface area contributed by atoms with E-state index in [-0.39, 0.29) is 11.9 Å². The van der Waals surface area contributed by atoms with Crippen LogP contribution in [-0.4, -0.2) is 19.3 Å². The highest BCUT2D eigenvalue weighted by atomic mass is 19.2. The van der Waals surface area contributed by atoms with E-state index in [1.54, 1.807) is 24.3 Å². The van der Waals surface area contributed by atoms with Gasteiger partial charge in [-0.25, -0.2) is 13.2 Å². The second-order valence-corrected chi connectivity index (χ2v) is 10.6. The second kappa shape index (κ2) is 13.5. The summed E-state index contributed by atoms with van der Waals surface area (Å²) < 4.78 is 55.5. The maximum atomic E-state index is 15.0. The highest BCUT2D eigenvalue weighted by Gasteiger charge is 2.25. The topological polar surface area (TPSA) is 18.5 Å². The molecule has 2 aliphatic rings. The van der Waals surface area contributed by atoms with Gasteiger partial charge in [-0.15, -0.1) is 0 Å². The fraction of sp³-hybridized carbons (Fsp3) is 0.562. The van der Waals surface area contributed by atoms with Gasteiger partial charge in [0.2, 0.25) is 0 Å². The molecule has 0 radical (unpaired) electrons. The summed E-state index contributed by atoms with van der Waals surface area (Å²) in [6.45, 7) is 5.20. The standard InChI is InChI=1S/C32H41F3O2/c1-3-5-20-37-27-16-12-24(13-17-27)28-18-14-25(31(34)32(28)35)11-8-22-6-9-23(10-7-22)26-15-19-30(36-4-2)29(33)21-26/h12,14-15,18-19,21-23,27H,3-11,13,16-17,20H2,1-2H3. The van der Waals surface area contributed by atoms with Crippen LogP contribution in [0.5, 0.6) is 5.75 Å². The van der Waals surface area contributed by atoms with E-state index in [9.17, 15) is 8.78 Å². The van der Waals surface area contributed by atoms with Crippen molar-refractivity contribution < 1.29 is 22.6 Å². The van der Waals surface area contributed by atoms with Crippen LogP contribution in [0.25, 0.3) is 5.57 Å². The molecule has 2 nitrogen and oxygen atoms in total. The Labute approximate surface area is 220 Å². The van der Waals surface area contributed by atoms with Crippen molar-refractivity contribution in [3.63, 3.8) is 0 Å². The van der Waals surface area contributed by atoms with Crippen molar-refractivity contribution in [2.45, 2.75) is 96.5 Å². The third kappa shape index (κ3) is 7.19. The summed E-state index contributed by atoms with van der Waals surface area (Å²) in [5.41, 5.74) is 2.78. The summed E-state index contributed by atoms with van der Waals surface area (Å²) in [6.07, 6.45) is 12.1. The van der Waals surface area contributed by atoms with Crippen molar-refractivity contribution in [1.82, 2.24) is 0 Å². The first-order valence-electron chi connectivity index (χ1n) is 14.2. The van der Waals surface area contributed by atoms with Crippen molar-refractivity contribution in [2.75, 3.05) is 13.2 Å². The summed E-state index contributed by atoms with van der Waals surface area (Å²) in [7, 11) is 0.